The van der Waals surface area contributed by atoms with Gasteiger partial charge >= 0.3 is 5.97 Å². The van der Waals surface area contributed by atoms with Gasteiger partial charge in [0, 0.05) is 0 Å². The Kier molecular flexibility index (Phi) is 6.76. The van der Waals surface area contributed by atoms with Gasteiger partial charge in [0.25, 0.3) is 0 Å². The number of ether oxygens (including phenoxy) is 1. The van der Waals surface area contributed by atoms with Gasteiger partial charge in [0.15, 0.2) is 0 Å². The number of carbonyl (C=O) groups is 1. The van der Waals surface area contributed by atoms with E-state index < -0.39 is 5.97 Å². The van der Waals surface area contributed by atoms with Gasteiger partial charge in [-0.15, -0.1) is 0 Å². The van der Waals surface area contributed by atoms with Crippen LogP contribution < -0.4 is 5.73 Å². The number of carboxylic acids is 1. The fourth-order valence-electron chi connectivity index (χ4n) is 0.981. The molecule has 16 heavy (non-hydrogen) atoms. The third-order valence-corrected chi connectivity index (χ3v) is 1.96. The molecule has 0 rings (SSSR count). The van der Waals surface area contributed by atoms with E-state index in [1.54, 1.807) is 19.1 Å². The molecule has 0 saturated heterocycles. The average molecular weight is 225 g/mol. The first kappa shape index (κ1) is 14.3. The van der Waals surface area contributed by atoms with Gasteiger partial charge in [0.05, 0.1) is 18.7 Å². The van der Waals surface area contributed by atoms with Crippen molar-refractivity contribution >= 4 is 5.97 Å². The fourth-order valence-corrected chi connectivity index (χ4v) is 0.981. The van der Waals surface area contributed by atoms with Crippen molar-refractivity contribution in [2.45, 2.75) is 27.2 Å². The minimum Gasteiger partial charge on any atom is -0.491 e. The topological polar surface area (TPSA) is 72.5 Å². The SMILES string of the molecule is C\C=C(C)/C=C(N)\C(=C/C)OCCC(=O)O. The monoisotopic (exact) mass is 225 g/mol. The Balaban J connectivity index is 4.40. The van der Waals surface area contributed by atoms with E-state index in [4.69, 9.17) is 15.6 Å². The number of carboxylic acid groups (broad SMARTS) is 1. The van der Waals surface area contributed by atoms with Gasteiger partial charge < -0.3 is 15.6 Å². The van der Waals surface area contributed by atoms with Crippen LogP contribution in [0.1, 0.15) is 27.2 Å². The van der Waals surface area contributed by atoms with Crippen LogP contribution in [0.15, 0.2) is 35.3 Å². The second kappa shape index (κ2) is 7.56. The molecule has 0 unspecified atom stereocenters. The molecule has 0 spiro atoms. The van der Waals surface area contributed by atoms with Gasteiger partial charge in [-0.25, -0.2) is 0 Å². The van der Waals surface area contributed by atoms with Crippen molar-refractivity contribution in [2.75, 3.05) is 6.61 Å². The maximum absolute atomic E-state index is 10.3. The van der Waals surface area contributed by atoms with Crippen molar-refractivity contribution < 1.29 is 14.6 Å². The summed E-state index contributed by atoms with van der Waals surface area (Å²) in [5.74, 6) is -0.370. The average Bonchev–Trinajstić information content (AvgIpc) is 2.23. The maximum Gasteiger partial charge on any atom is 0.306 e. The Labute approximate surface area is 96.1 Å². The Morgan fingerprint density at radius 3 is 2.44 bits per heavy atom. The van der Waals surface area contributed by atoms with E-state index in [-0.39, 0.29) is 13.0 Å². The molecule has 0 aliphatic heterocycles. The van der Waals surface area contributed by atoms with Crippen LogP contribution in [0.4, 0.5) is 0 Å². The second-order valence-electron chi connectivity index (χ2n) is 3.28. The van der Waals surface area contributed by atoms with Crippen LogP contribution in [0.25, 0.3) is 0 Å². The number of allylic oxidation sites excluding steroid dienone is 4. The van der Waals surface area contributed by atoms with E-state index in [1.165, 1.54) is 0 Å². The highest BCUT2D eigenvalue weighted by Crippen LogP contribution is 2.09. The zero-order valence-corrected chi connectivity index (χ0v) is 9.99. The standard InChI is InChI=1S/C12H19NO3/c1-4-9(3)8-10(13)11(5-2)16-7-6-12(14)15/h4-5,8H,6-7,13H2,1-3H3,(H,14,15)/b9-4-,10-8+,11-5+. The first-order chi connectivity index (χ1) is 7.51. The van der Waals surface area contributed by atoms with Crippen LogP contribution in [-0.2, 0) is 9.53 Å². The predicted molar refractivity (Wildman–Crippen MR) is 63.7 cm³/mol. The number of aliphatic carboxylic acids is 1. The lowest BCUT2D eigenvalue weighted by atomic mass is 10.2. The van der Waals surface area contributed by atoms with Gasteiger partial charge in [-0.2, -0.15) is 0 Å². The smallest absolute Gasteiger partial charge is 0.306 e. The lowest BCUT2D eigenvalue weighted by molar-refractivity contribution is -0.137. The van der Waals surface area contributed by atoms with Crippen LogP contribution in [0.5, 0.6) is 0 Å². The molecular formula is C12H19NO3. The lowest BCUT2D eigenvalue weighted by Gasteiger charge is -2.09. The van der Waals surface area contributed by atoms with Gasteiger partial charge in [0.1, 0.15) is 5.76 Å². The molecule has 0 aliphatic carbocycles. The van der Waals surface area contributed by atoms with Crippen molar-refractivity contribution in [1.82, 2.24) is 0 Å². The van der Waals surface area contributed by atoms with Crippen molar-refractivity contribution in [1.29, 1.82) is 0 Å². The van der Waals surface area contributed by atoms with Crippen LogP contribution in [0.2, 0.25) is 0 Å². The Morgan fingerprint density at radius 2 is 2.00 bits per heavy atom. The number of hydrogen-bond acceptors (Lipinski definition) is 3. The highest BCUT2D eigenvalue weighted by Gasteiger charge is 2.03. The summed E-state index contributed by atoms with van der Waals surface area (Å²) in [4.78, 5) is 10.3. The maximum atomic E-state index is 10.3. The summed E-state index contributed by atoms with van der Waals surface area (Å²) in [6.45, 7) is 5.76. The summed E-state index contributed by atoms with van der Waals surface area (Å²) in [5, 5.41) is 8.47. The molecular weight excluding hydrogens is 206 g/mol. The second-order valence-corrected chi connectivity index (χ2v) is 3.28. The van der Waals surface area contributed by atoms with Gasteiger partial charge in [-0.1, -0.05) is 11.6 Å². The molecule has 0 bridgehead atoms. The first-order valence-corrected chi connectivity index (χ1v) is 5.12. The number of rotatable bonds is 6. The molecule has 0 amide bonds. The molecule has 0 saturated carbocycles. The number of nitrogens with two attached hydrogens (primary N) is 1. The molecule has 0 atom stereocenters. The van der Waals surface area contributed by atoms with E-state index in [9.17, 15) is 4.79 Å². The van der Waals surface area contributed by atoms with Crippen LogP contribution in [-0.4, -0.2) is 17.7 Å². The summed E-state index contributed by atoms with van der Waals surface area (Å²) in [6, 6.07) is 0. The molecule has 4 nitrogen and oxygen atoms in total. The molecule has 0 heterocycles. The fraction of sp³-hybridized carbons (Fsp3) is 0.417. The van der Waals surface area contributed by atoms with E-state index in [2.05, 4.69) is 0 Å². The number of hydrogen-bond donors (Lipinski definition) is 2. The summed E-state index contributed by atoms with van der Waals surface area (Å²) in [6.07, 6.45) is 5.40. The highest BCUT2D eigenvalue weighted by molar-refractivity contribution is 5.66. The van der Waals surface area contributed by atoms with E-state index in [1.807, 2.05) is 19.9 Å². The quantitative estimate of drug-likeness (QED) is 0.537. The van der Waals surface area contributed by atoms with E-state index >= 15 is 0 Å². The normalized spacial score (nSPS) is 13.8. The highest BCUT2D eigenvalue weighted by atomic mass is 16.5. The molecule has 4 heteroatoms. The van der Waals surface area contributed by atoms with Crippen molar-refractivity contribution in [3.05, 3.63) is 35.3 Å². The largest absolute Gasteiger partial charge is 0.491 e. The minimum absolute atomic E-state index is 0.0345. The summed E-state index contributed by atoms with van der Waals surface area (Å²) in [7, 11) is 0. The minimum atomic E-state index is -0.886. The van der Waals surface area contributed by atoms with E-state index in [0.29, 0.717) is 11.5 Å². The van der Waals surface area contributed by atoms with Crippen LogP contribution in [0, 0.1) is 0 Å². The predicted octanol–water partition coefficient (Wildman–Crippen LogP) is 2.19. The molecule has 0 aromatic heterocycles. The Morgan fingerprint density at radius 1 is 1.38 bits per heavy atom. The molecule has 3 N–H and O–H groups in total. The molecule has 0 radical (unpaired) electrons. The molecule has 0 fully saturated rings. The van der Waals surface area contributed by atoms with Gasteiger partial charge in [0.2, 0.25) is 0 Å². The third kappa shape index (κ3) is 5.90. The zero-order chi connectivity index (χ0) is 12.6. The summed E-state index contributed by atoms with van der Waals surface area (Å²) in [5.41, 5.74) is 7.33. The van der Waals surface area contributed by atoms with Gasteiger partial charge in [-0.3, -0.25) is 4.79 Å². The van der Waals surface area contributed by atoms with Gasteiger partial charge in [-0.05, 0) is 32.9 Å². The summed E-state index contributed by atoms with van der Waals surface area (Å²) >= 11 is 0. The Bertz CT molecular complexity index is 327. The molecule has 0 aliphatic rings. The van der Waals surface area contributed by atoms with Crippen LogP contribution in [0.3, 0.4) is 0 Å². The van der Waals surface area contributed by atoms with Crippen molar-refractivity contribution in [3.63, 3.8) is 0 Å². The van der Waals surface area contributed by atoms with Crippen molar-refractivity contribution in [2.24, 2.45) is 5.73 Å². The summed E-state index contributed by atoms with van der Waals surface area (Å²) < 4.78 is 5.27. The molecule has 0 aromatic rings. The Hall–Kier alpha value is -1.71. The van der Waals surface area contributed by atoms with Crippen LogP contribution >= 0.6 is 0 Å². The molecule has 90 valence electrons. The van der Waals surface area contributed by atoms with Crippen molar-refractivity contribution in [3.8, 4) is 0 Å². The third-order valence-electron chi connectivity index (χ3n) is 1.96. The zero-order valence-electron chi connectivity index (χ0n) is 9.99. The first-order valence-electron chi connectivity index (χ1n) is 5.12. The van der Waals surface area contributed by atoms with E-state index in [0.717, 1.165) is 5.57 Å². The molecule has 0 aromatic carbocycles. The lowest BCUT2D eigenvalue weighted by Crippen LogP contribution is -2.08.